The highest BCUT2D eigenvalue weighted by molar-refractivity contribution is 6.47. The van der Waals surface area contributed by atoms with Crippen LogP contribution in [0.15, 0.2) is 66.9 Å². The average molecular weight is 431 g/mol. The lowest BCUT2D eigenvalue weighted by atomic mass is 9.72. The molecule has 1 aliphatic rings. The minimum absolute atomic E-state index is 0.0815. The van der Waals surface area contributed by atoms with Gasteiger partial charge in [0.05, 0.1) is 24.5 Å². The fourth-order valence-corrected chi connectivity index (χ4v) is 3.74. The van der Waals surface area contributed by atoms with E-state index in [1.165, 1.54) is 6.07 Å². The lowest BCUT2D eigenvalue weighted by Crippen LogP contribution is -2.53. The molecule has 4 rings (SSSR count). The molecule has 4 N–H and O–H groups in total. The summed E-state index contributed by atoms with van der Waals surface area (Å²) in [6.45, 7) is 0.623. The lowest BCUT2D eigenvalue weighted by Gasteiger charge is -2.29. The molecule has 0 fully saturated rings. The van der Waals surface area contributed by atoms with Gasteiger partial charge in [-0.1, -0.05) is 42.5 Å². The van der Waals surface area contributed by atoms with E-state index >= 15 is 0 Å². The molecular formula is C23H22BN3O5. The van der Waals surface area contributed by atoms with Crippen molar-refractivity contribution in [1.82, 2.24) is 5.32 Å². The Hall–Kier alpha value is -3.85. The molecule has 0 aliphatic carbocycles. The third kappa shape index (κ3) is 4.73. The van der Waals surface area contributed by atoms with Crippen molar-refractivity contribution in [2.75, 3.05) is 5.73 Å². The number of aromatic carboxylic acids is 1. The zero-order valence-corrected chi connectivity index (χ0v) is 17.2. The number of carboxylic acid groups (broad SMARTS) is 1. The van der Waals surface area contributed by atoms with Crippen molar-refractivity contribution in [3.8, 4) is 5.75 Å². The first-order valence-corrected chi connectivity index (χ1v) is 10.2. The number of carbonyl (C=O) groups is 2. The number of nitrogens with one attached hydrogen (secondary N) is 1. The Morgan fingerprint density at radius 3 is 2.59 bits per heavy atom. The number of nitrogens with zero attached hydrogens (tertiary/aromatic N) is 1. The molecule has 0 saturated carbocycles. The summed E-state index contributed by atoms with van der Waals surface area (Å²) in [5.74, 6) is -1.60. The maximum atomic E-state index is 12.5. The van der Waals surface area contributed by atoms with Crippen LogP contribution in [0.25, 0.3) is 0 Å². The van der Waals surface area contributed by atoms with Gasteiger partial charge in [0.1, 0.15) is 12.3 Å². The SMILES string of the molecule is Nc1cccc[n+]1Cc1ccc(CC(=O)N[C@H]2Cc3cccc(C(=O)[O-])c3OB2O)cc1. The third-order valence-electron chi connectivity index (χ3n) is 5.40. The Bertz CT molecular complexity index is 1150. The van der Waals surface area contributed by atoms with Gasteiger partial charge in [-0.3, -0.25) is 10.5 Å². The first-order valence-electron chi connectivity index (χ1n) is 10.2. The highest BCUT2D eigenvalue weighted by Crippen LogP contribution is 2.29. The number of nitrogens with two attached hydrogens (primary N) is 1. The van der Waals surface area contributed by atoms with E-state index in [0.717, 1.165) is 11.1 Å². The summed E-state index contributed by atoms with van der Waals surface area (Å²) in [6, 6.07) is 17.9. The number of hydrogen-bond donors (Lipinski definition) is 3. The first kappa shape index (κ1) is 21.4. The van der Waals surface area contributed by atoms with E-state index in [9.17, 15) is 19.7 Å². The van der Waals surface area contributed by atoms with Gasteiger partial charge >= 0.3 is 7.12 Å². The van der Waals surface area contributed by atoms with Crippen LogP contribution in [-0.2, 0) is 24.2 Å². The van der Waals surface area contributed by atoms with Gasteiger partial charge in [-0.2, -0.15) is 0 Å². The molecule has 8 nitrogen and oxygen atoms in total. The Balaban J connectivity index is 1.37. The molecular weight excluding hydrogens is 409 g/mol. The van der Waals surface area contributed by atoms with Crippen LogP contribution in [0.4, 0.5) is 5.82 Å². The lowest BCUT2D eigenvalue weighted by molar-refractivity contribution is -0.674. The fourth-order valence-electron chi connectivity index (χ4n) is 3.74. The van der Waals surface area contributed by atoms with Crippen molar-refractivity contribution >= 4 is 24.8 Å². The summed E-state index contributed by atoms with van der Waals surface area (Å²) in [7, 11) is -1.36. The Kier molecular flexibility index (Phi) is 6.09. The van der Waals surface area contributed by atoms with Gasteiger partial charge in [0.15, 0.2) is 0 Å². The van der Waals surface area contributed by atoms with Gasteiger partial charge in [-0.05, 0) is 35.2 Å². The summed E-state index contributed by atoms with van der Waals surface area (Å²) in [5, 5.41) is 24.3. The predicted molar refractivity (Wildman–Crippen MR) is 115 cm³/mol. The van der Waals surface area contributed by atoms with E-state index in [1.54, 1.807) is 12.1 Å². The summed E-state index contributed by atoms with van der Waals surface area (Å²) in [5.41, 5.74) is 8.30. The quantitative estimate of drug-likeness (QED) is 0.362. The number of carboxylic acids is 1. The molecule has 0 radical (unpaired) electrons. The van der Waals surface area contributed by atoms with E-state index in [1.807, 2.05) is 53.2 Å². The monoisotopic (exact) mass is 431 g/mol. The third-order valence-corrected chi connectivity index (χ3v) is 5.40. The van der Waals surface area contributed by atoms with Crippen LogP contribution in [-0.4, -0.2) is 30.0 Å². The van der Waals surface area contributed by atoms with Crippen LogP contribution in [0.5, 0.6) is 5.75 Å². The molecule has 9 heteroatoms. The van der Waals surface area contributed by atoms with Crippen molar-refractivity contribution in [3.05, 3.63) is 89.1 Å². The molecule has 0 unspecified atom stereocenters. The van der Waals surface area contributed by atoms with Crippen molar-refractivity contribution < 1.29 is 28.9 Å². The first-order chi connectivity index (χ1) is 15.4. The summed E-state index contributed by atoms with van der Waals surface area (Å²) in [4.78, 5) is 23.8. The molecule has 32 heavy (non-hydrogen) atoms. The molecule has 162 valence electrons. The molecule has 0 saturated heterocycles. The van der Waals surface area contributed by atoms with Crippen molar-refractivity contribution in [2.45, 2.75) is 25.3 Å². The van der Waals surface area contributed by atoms with Crippen LogP contribution in [0.2, 0.25) is 0 Å². The van der Waals surface area contributed by atoms with E-state index in [2.05, 4.69) is 5.32 Å². The van der Waals surface area contributed by atoms with Crippen molar-refractivity contribution in [1.29, 1.82) is 0 Å². The number of carbonyl (C=O) groups excluding carboxylic acids is 2. The number of aromatic nitrogens is 1. The molecule has 1 amide bonds. The molecule has 3 aromatic rings. The maximum Gasteiger partial charge on any atom is 0.547 e. The molecule has 1 aromatic heterocycles. The predicted octanol–water partition coefficient (Wildman–Crippen LogP) is -0.350. The number of amides is 1. The molecule has 2 aromatic carbocycles. The fraction of sp³-hybridized carbons (Fsp3) is 0.174. The number of rotatable bonds is 6. The van der Waals surface area contributed by atoms with Gasteiger partial charge in [-0.15, -0.1) is 0 Å². The number of nitrogen functional groups attached to an aromatic ring is 1. The zero-order valence-electron chi connectivity index (χ0n) is 17.2. The number of anilines is 1. The summed E-state index contributed by atoms with van der Waals surface area (Å²) >= 11 is 0. The Morgan fingerprint density at radius 1 is 1.12 bits per heavy atom. The van der Waals surface area contributed by atoms with Gasteiger partial charge in [0.25, 0.3) is 5.82 Å². The van der Waals surface area contributed by atoms with E-state index < -0.39 is 19.0 Å². The minimum Gasteiger partial charge on any atom is -0.545 e. The second-order valence-electron chi connectivity index (χ2n) is 7.71. The van der Waals surface area contributed by atoms with Crippen LogP contribution >= 0.6 is 0 Å². The van der Waals surface area contributed by atoms with Crippen LogP contribution in [0.1, 0.15) is 27.0 Å². The van der Waals surface area contributed by atoms with Crippen LogP contribution in [0.3, 0.4) is 0 Å². The minimum atomic E-state index is -1.38. The second-order valence-corrected chi connectivity index (χ2v) is 7.71. The number of para-hydroxylation sites is 1. The molecule has 1 aliphatic heterocycles. The normalized spacial score (nSPS) is 14.9. The largest absolute Gasteiger partial charge is 0.547 e. The van der Waals surface area contributed by atoms with Crippen molar-refractivity contribution in [2.24, 2.45) is 0 Å². The zero-order chi connectivity index (χ0) is 22.7. The molecule has 0 spiro atoms. The number of benzene rings is 2. The Labute approximate surface area is 185 Å². The van der Waals surface area contributed by atoms with Crippen LogP contribution < -0.4 is 25.4 Å². The highest BCUT2D eigenvalue weighted by Gasteiger charge is 2.36. The number of fused-ring (bicyclic) bond motifs is 1. The number of hydrogen-bond acceptors (Lipinski definition) is 6. The molecule has 1 atom stereocenters. The van der Waals surface area contributed by atoms with Crippen molar-refractivity contribution in [3.63, 3.8) is 0 Å². The highest BCUT2D eigenvalue weighted by atomic mass is 16.5. The van der Waals surface area contributed by atoms with E-state index in [0.29, 0.717) is 17.9 Å². The van der Waals surface area contributed by atoms with Gasteiger partial charge in [-0.25, -0.2) is 4.57 Å². The van der Waals surface area contributed by atoms with Gasteiger partial charge < -0.3 is 24.9 Å². The van der Waals surface area contributed by atoms with Crippen LogP contribution in [0, 0.1) is 0 Å². The molecule has 2 heterocycles. The number of pyridine rings is 1. The molecule has 0 bridgehead atoms. The van der Waals surface area contributed by atoms with Gasteiger partial charge in [0, 0.05) is 11.6 Å². The second kappa shape index (κ2) is 9.11. The Morgan fingerprint density at radius 2 is 1.88 bits per heavy atom. The maximum absolute atomic E-state index is 12.5. The van der Waals surface area contributed by atoms with E-state index in [-0.39, 0.29) is 30.1 Å². The smallest absolute Gasteiger partial charge is 0.545 e. The standard InChI is InChI=1S/C23H22BN3O5/c25-20-6-1-2-11-27(20)14-16-9-7-15(8-10-16)12-21(28)26-19-13-17-4-3-5-18(23(29)30)22(17)32-24(19)31/h1-11,19,25,31H,12-14H2,(H2,26,28,29,30)/t19-/m0/s1. The summed E-state index contributed by atoms with van der Waals surface area (Å²) in [6.07, 6.45) is 2.29. The average Bonchev–Trinajstić information content (AvgIpc) is 2.76. The summed E-state index contributed by atoms with van der Waals surface area (Å²) < 4.78 is 7.30. The van der Waals surface area contributed by atoms with E-state index in [4.69, 9.17) is 10.4 Å². The topological polar surface area (TPSA) is 129 Å². The van der Waals surface area contributed by atoms with Gasteiger partial charge in [0.2, 0.25) is 5.91 Å².